The van der Waals surface area contributed by atoms with E-state index >= 15 is 0 Å². The van der Waals surface area contributed by atoms with Crippen molar-refractivity contribution in [1.82, 2.24) is 0 Å². The van der Waals surface area contributed by atoms with Crippen molar-refractivity contribution < 1.29 is 12.8 Å². The second-order valence-electron chi connectivity index (χ2n) is 4.94. The van der Waals surface area contributed by atoms with Gasteiger partial charge in [0.1, 0.15) is 5.82 Å². The summed E-state index contributed by atoms with van der Waals surface area (Å²) in [7, 11) is -3.88. The third kappa shape index (κ3) is 3.59. The van der Waals surface area contributed by atoms with Gasteiger partial charge in [-0.25, -0.2) is 12.8 Å². The largest absolute Gasteiger partial charge is 0.326 e. The van der Waals surface area contributed by atoms with Crippen LogP contribution >= 0.6 is 0 Å². The highest BCUT2D eigenvalue weighted by Crippen LogP contribution is 2.22. The van der Waals surface area contributed by atoms with Crippen LogP contribution in [-0.2, 0) is 16.6 Å². The Kier molecular flexibility index (Phi) is 4.29. The van der Waals surface area contributed by atoms with Crippen molar-refractivity contribution in [2.24, 2.45) is 5.73 Å². The summed E-state index contributed by atoms with van der Waals surface area (Å²) in [6.07, 6.45) is 0. The Labute approximate surface area is 123 Å². The van der Waals surface area contributed by atoms with Gasteiger partial charge >= 0.3 is 0 Å². The Morgan fingerprint density at radius 3 is 2.29 bits per heavy atom. The van der Waals surface area contributed by atoms with Crippen LogP contribution in [0.4, 0.5) is 10.1 Å². The molecule has 0 fully saturated rings. The van der Waals surface area contributed by atoms with E-state index in [9.17, 15) is 12.8 Å². The first kappa shape index (κ1) is 15.5. The van der Waals surface area contributed by atoms with Crippen LogP contribution in [0.2, 0.25) is 0 Å². The van der Waals surface area contributed by atoms with Crippen molar-refractivity contribution in [2.45, 2.75) is 25.3 Å². The molecule has 0 saturated heterocycles. The monoisotopic (exact) mass is 308 g/mol. The van der Waals surface area contributed by atoms with Crippen LogP contribution in [0.25, 0.3) is 0 Å². The van der Waals surface area contributed by atoms with Crippen LogP contribution < -0.4 is 10.5 Å². The molecule has 0 aromatic heterocycles. The first-order valence-corrected chi connectivity index (χ1v) is 7.90. The Hall–Kier alpha value is -1.92. The first-order chi connectivity index (χ1) is 9.81. The number of nitrogens with one attached hydrogen (secondary N) is 1. The van der Waals surface area contributed by atoms with Gasteiger partial charge in [0.05, 0.1) is 4.90 Å². The van der Waals surface area contributed by atoms with Gasteiger partial charge in [-0.15, -0.1) is 0 Å². The van der Waals surface area contributed by atoms with Crippen LogP contribution in [-0.4, -0.2) is 8.42 Å². The summed E-state index contributed by atoms with van der Waals surface area (Å²) in [5, 5.41) is 0. The van der Waals surface area contributed by atoms with Crippen molar-refractivity contribution in [3.63, 3.8) is 0 Å². The molecule has 2 rings (SSSR count). The van der Waals surface area contributed by atoms with Crippen LogP contribution in [0.1, 0.15) is 16.7 Å². The number of aryl methyl sites for hydroxylation is 2. The highest BCUT2D eigenvalue weighted by Gasteiger charge is 2.19. The molecule has 0 spiro atoms. The van der Waals surface area contributed by atoms with E-state index < -0.39 is 15.8 Å². The molecule has 0 saturated carbocycles. The molecule has 4 nitrogen and oxygen atoms in total. The Balaban J connectivity index is 2.45. The third-order valence-corrected chi connectivity index (χ3v) is 4.48. The molecule has 21 heavy (non-hydrogen) atoms. The summed E-state index contributed by atoms with van der Waals surface area (Å²) in [5.41, 5.74) is 8.21. The molecule has 0 unspecified atom stereocenters. The highest BCUT2D eigenvalue weighted by molar-refractivity contribution is 7.92. The maximum absolute atomic E-state index is 13.3. The van der Waals surface area contributed by atoms with E-state index in [1.54, 1.807) is 12.1 Å². The molecule has 0 atom stereocenters. The summed E-state index contributed by atoms with van der Waals surface area (Å²) < 4.78 is 40.7. The fraction of sp³-hybridized carbons (Fsp3) is 0.200. The molecular formula is C15H17FN2O2S. The Morgan fingerprint density at radius 2 is 1.71 bits per heavy atom. The Morgan fingerprint density at radius 1 is 1.10 bits per heavy atom. The van der Waals surface area contributed by atoms with Crippen LogP contribution in [0, 0.1) is 19.7 Å². The lowest BCUT2D eigenvalue weighted by Crippen LogP contribution is -2.16. The number of hydrogen-bond acceptors (Lipinski definition) is 3. The number of halogens is 1. The van der Waals surface area contributed by atoms with E-state index in [-0.39, 0.29) is 11.4 Å². The molecule has 0 aliphatic carbocycles. The molecule has 3 N–H and O–H groups in total. The molecule has 2 aromatic rings. The van der Waals surface area contributed by atoms with E-state index in [1.165, 1.54) is 12.1 Å². The van der Waals surface area contributed by atoms with Crippen molar-refractivity contribution >= 4 is 15.7 Å². The van der Waals surface area contributed by atoms with Gasteiger partial charge in [0.25, 0.3) is 10.0 Å². The number of nitrogens with two attached hydrogens (primary N) is 1. The van der Waals surface area contributed by atoms with Crippen LogP contribution in [0.3, 0.4) is 0 Å². The van der Waals surface area contributed by atoms with Gasteiger partial charge in [-0.1, -0.05) is 12.1 Å². The number of rotatable bonds is 4. The minimum atomic E-state index is -3.88. The minimum Gasteiger partial charge on any atom is -0.326 e. The number of hydrogen-bond donors (Lipinski definition) is 2. The quantitative estimate of drug-likeness (QED) is 0.912. The molecule has 0 radical (unpaired) electrons. The number of anilines is 1. The van der Waals surface area contributed by atoms with Gasteiger partial charge in [0.2, 0.25) is 0 Å². The average molecular weight is 308 g/mol. The summed E-state index contributed by atoms with van der Waals surface area (Å²) >= 11 is 0. The van der Waals surface area contributed by atoms with Crippen LogP contribution in [0.15, 0.2) is 41.3 Å². The summed E-state index contributed by atoms with van der Waals surface area (Å²) in [4.78, 5) is -0.135. The minimum absolute atomic E-state index is 0.0172. The van der Waals surface area contributed by atoms with Crippen molar-refractivity contribution in [3.05, 3.63) is 58.9 Å². The lowest BCUT2D eigenvalue weighted by molar-refractivity contribution is 0.593. The van der Waals surface area contributed by atoms with Gasteiger partial charge < -0.3 is 5.73 Å². The molecule has 0 heterocycles. The molecule has 6 heteroatoms. The highest BCUT2D eigenvalue weighted by atomic mass is 32.2. The molecule has 0 bridgehead atoms. The lowest BCUT2D eigenvalue weighted by Gasteiger charge is -2.12. The van der Waals surface area contributed by atoms with Gasteiger partial charge in [-0.3, -0.25) is 4.72 Å². The van der Waals surface area contributed by atoms with E-state index in [2.05, 4.69) is 4.72 Å². The third-order valence-electron chi connectivity index (χ3n) is 3.01. The second-order valence-corrected chi connectivity index (χ2v) is 6.59. The fourth-order valence-corrected chi connectivity index (χ4v) is 3.49. The normalized spacial score (nSPS) is 11.4. The molecular weight excluding hydrogens is 291 g/mol. The standard InChI is InChI=1S/C15H17FN2O2S/c1-10-5-11(2)7-14(6-10)18-21(19,20)15-8-13(16)4-3-12(15)9-17/h3-8,18H,9,17H2,1-2H3. The zero-order chi connectivity index (χ0) is 15.6. The zero-order valence-corrected chi connectivity index (χ0v) is 12.7. The second kappa shape index (κ2) is 5.83. The van der Waals surface area contributed by atoms with Crippen molar-refractivity contribution in [1.29, 1.82) is 0 Å². The van der Waals surface area contributed by atoms with E-state index in [1.807, 2.05) is 19.9 Å². The Bertz CT molecular complexity index is 753. The summed E-state index contributed by atoms with van der Waals surface area (Å²) in [6, 6.07) is 8.92. The predicted molar refractivity (Wildman–Crippen MR) is 81.0 cm³/mol. The van der Waals surface area contributed by atoms with E-state index in [0.29, 0.717) is 11.3 Å². The van der Waals surface area contributed by atoms with Gasteiger partial charge in [-0.2, -0.15) is 0 Å². The van der Waals surface area contributed by atoms with Crippen molar-refractivity contribution in [3.8, 4) is 0 Å². The molecule has 0 aliphatic rings. The fourth-order valence-electron chi connectivity index (χ4n) is 2.19. The van der Waals surface area contributed by atoms with Gasteiger partial charge in [-0.05, 0) is 54.8 Å². The van der Waals surface area contributed by atoms with E-state index in [0.717, 1.165) is 17.2 Å². The SMILES string of the molecule is Cc1cc(C)cc(NS(=O)(=O)c2cc(F)ccc2CN)c1. The molecule has 0 amide bonds. The smallest absolute Gasteiger partial charge is 0.262 e. The molecule has 112 valence electrons. The average Bonchev–Trinajstić information content (AvgIpc) is 2.36. The lowest BCUT2D eigenvalue weighted by atomic mass is 10.1. The van der Waals surface area contributed by atoms with Gasteiger partial charge in [0, 0.05) is 12.2 Å². The first-order valence-electron chi connectivity index (χ1n) is 6.41. The van der Waals surface area contributed by atoms with Crippen LogP contribution in [0.5, 0.6) is 0 Å². The van der Waals surface area contributed by atoms with Gasteiger partial charge in [0.15, 0.2) is 0 Å². The summed E-state index contributed by atoms with van der Waals surface area (Å²) in [6.45, 7) is 3.76. The number of sulfonamides is 1. The number of benzene rings is 2. The molecule has 0 aliphatic heterocycles. The topological polar surface area (TPSA) is 72.2 Å². The maximum atomic E-state index is 13.3. The zero-order valence-electron chi connectivity index (χ0n) is 11.9. The maximum Gasteiger partial charge on any atom is 0.262 e. The molecule has 2 aromatic carbocycles. The summed E-state index contributed by atoms with van der Waals surface area (Å²) in [5.74, 6) is -0.618. The predicted octanol–water partition coefficient (Wildman–Crippen LogP) is 2.70. The van der Waals surface area contributed by atoms with Crippen molar-refractivity contribution in [2.75, 3.05) is 4.72 Å². The van der Waals surface area contributed by atoms with E-state index in [4.69, 9.17) is 5.73 Å².